The van der Waals surface area contributed by atoms with Crippen LogP contribution in [0.3, 0.4) is 0 Å². The Kier molecular flexibility index (Phi) is 1.26. The fourth-order valence-electron chi connectivity index (χ4n) is 2.54. The molecule has 1 aromatic rings. The SMILES string of the molecule is Cc1ccc(C)c2c1NC(=O)C21CC1. The topological polar surface area (TPSA) is 29.1 Å². The quantitative estimate of drug-likeness (QED) is 0.663. The lowest BCUT2D eigenvalue weighted by atomic mass is 9.92. The lowest BCUT2D eigenvalue weighted by Gasteiger charge is -2.09. The number of nitrogens with one attached hydrogen (secondary N) is 1. The second-order valence-electron chi connectivity index (χ2n) is 4.49. The maximum Gasteiger partial charge on any atom is 0.235 e. The fourth-order valence-corrected chi connectivity index (χ4v) is 2.54. The minimum Gasteiger partial charge on any atom is -0.325 e. The second-order valence-corrected chi connectivity index (χ2v) is 4.49. The molecular formula is C12H13NO. The van der Waals surface area contributed by atoms with Crippen molar-refractivity contribution in [3.05, 3.63) is 28.8 Å². The minimum atomic E-state index is -0.133. The van der Waals surface area contributed by atoms with E-state index >= 15 is 0 Å². The first-order valence-electron chi connectivity index (χ1n) is 5.07. The number of hydrogen-bond donors (Lipinski definition) is 1. The summed E-state index contributed by atoms with van der Waals surface area (Å²) in [5, 5.41) is 3.02. The molecule has 1 saturated carbocycles. The summed E-state index contributed by atoms with van der Waals surface area (Å²) >= 11 is 0. The number of fused-ring (bicyclic) bond motifs is 2. The Balaban J connectivity index is 2.32. The Hall–Kier alpha value is -1.31. The lowest BCUT2D eigenvalue weighted by molar-refractivity contribution is -0.117. The Morgan fingerprint density at radius 3 is 2.50 bits per heavy atom. The zero-order valence-corrected chi connectivity index (χ0v) is 8.48. The van der Waals surface area contributed by atoms with Crippen molar-refractivity contribution in [1.29, 1.82) is 0 Å². The third-order valence-electron chi connectivity index (χ3n) is 3.52. The van der Waals surface area contributed by atoms with Crippen molar-refractivity contribution in [1.82, 2.24) is 0 Å². The number of aryl methyl sites for hydroxylation is 2. The van der Waals surface area contributed by atoms with Gasteiger partial charge in [-0.3, -0.25) is 4.79 Å². The van der Waals surface area contributed by atoms with Crippen LogP contribution in [0.1, 0.15) is 29.5 Å². The average Bonchev–Trinajstić information content (AvgIpc) is 2.86. The monoisotopic (exact) mass is 187 g/mol. The molecule has 2 aliphatic rings. The highest BCUT2D eigenvalue weighted by Gasteiger charge is 2.57. The molecule has 72 valence electrons. The normalized spacial score (nSPS) is 20.9. The van der Waals surface area contributed by atoms with E-state index in [2.05, 4.69) is 31.3 Å². The molecule has 2 nitrogen and oxygen atoms in total. The van der Waals surface area contributed by atoms with Gasteiger partial charge in [-0.15, -0.1) is 0 Å². The summed E-state index contributed by atoms with van der Waals surface area (Å²) in [6.07, 6.45) is 2.05. The van der Waals surface area contributed by atoms with E-state index in [4.69, 9.17) is 0 Å². The molecule has 14 heavy (non-hydrogen) atoms. The predicted octanol–water partition coefficient (Wildman–Crippen LogP) is 2.29. The molecule has 3 rings (SSSR count). The Bertz CT molecular complexity index is 444. The first kappa shape index (κ1) is 8.04. The second kappa shape index (κ2) is 2.19. The van der Waals surface area contributed by atoms with Crippen molar-refractivity contribution in [3.8, 4) is 0 Å². The van der Waals surface area contributed by atoms with Crippen molar-refractivity contribution in [2.24, 2.45) is 0 Å². The Morgan fingerprint density at radius 1 is 1.21 bits per heavy atom. The van der Waals surface area contributed by atoms with Crippen LogP contribution in [0.15, 0.2) is 12.1 Å². The van der Waals surface area contributed by atoms with Gasteiger partial charge >= 0.3 is 0 Å². The van der Waals surface area contributed by atoms with Gasteiger partial charge in [0.1, 0.15) is 0 Å². The van der Waals surface area contributed by atoms with Crippen molar-refractivity contribution < 1.29 is 4.79 Å². The fraction of sp³-hybridized carbons (Fsp3) is 0.417. The maximum atomic E-state index is 11.8. The summed E-state index contributed by atoms with van der Waals surface area (Å²) < 4.78 is 0. The van der Waals surface area contributed by atoms with Crippen LogP contribution in [0.5, 0.6) is 0 Å². The number of carbonyl (C=O) groups is 1. The average molecular weight is 187 g/mol. The largest absolute Gasteiger partial charge is 0.325 e. The van der Waals surface area contributed by atoms with Gasteiger partial charge in [0.15, 0.2) is 0 Å². The highest BCUT2D eigenvalue weighted by molar-refractivity contribution is 6.09. The van der Waals surface area contributed by atoms with Crippen LogP contribution in [0.2, 0.25) is 0 Å². The minimum absolute atomic E-state index is 0.133. The molecule has 0 aromatic heterocycles. The lowest BCUT2D eigenvalue weighted by Crippen LogP contribution is -2.18. The summed E-state index contributed by atoms with van der Waals surface area (Å²) in [4.78, 5) is 11.8. The maximum absolute atomic E-state index is 11.8. The van der Waals surface area contributed by atoms with Crippen LogP contribution in [0.25, 0.3) is 0 Å². The molecule has 1 fully saturated rings. The van der Waals surface area contributed by atoms with Crippen LogP contribution >= 0.6 is 0 Å². The summed E-state index contributed by atoms with van der Waals surface area (Å²) in [6, 6.07) is 4.20. The molecule has 1 heterocycles. The zero-order valence-electron chi connectivity index (χ0n) is 8.48. The van der Waals surface area contributed by atoms with Crippen LogP contribution in [-0.4, -0.2) is 5.91 Å². The number of carbonyl (C=O) groups excluding carboxylic acids is 1. The predicted molar refractivity (Wildman–Crippen MR) is 55.5 cm³/mol. The van der Waals surface area contributed by atoms with E-state index in [-0.39, 0.29) is 11.3 Å². The van der Waals surface area contributed by atoms with Gasteiger partial charge in [-0.05, 0) is 43.4 Å². The van der Waals surface area contributed by atoms with E-state index in [1.165, 1.54) is 16.7 Å². The van der Waals surface area contributed by atoms with Crippen LogP contribution in [0, 0.1) is 13.8 Å². The van der Waals surface area contributed by atoms with Gasteiger partial charge in [-0.1, -0.05) is 12.1 Å². The highest BCUT2D eigenvalue weighted by atomic mass is 16.2. The first-order chi connectivity index (χ1) is 6.65. The molecule has 0 bridgehead atoms. The molecule has 1 amide bonds. The Morgan fingerprint density at radius 2 is 1.86 bits per heavy atom. The third-order valence-corrected chi connectivity index (χ3v) is 3.52. The number of benzene rings is 1. The van der Waals surface area contributed by atoms with Crippen molar-refractivity contribution in [2.75, 3.05) is 5.32 Å². The van der Waals surface area contributed by atoms with E-state index < -0.39 is 0 Å². The van der Waals surface area contributed by atoms with E-state index in [0.717, 1.165) is 18.5 Å². The molecule has 0 unspecified atom stereocenters. The van der Waals surface area contributed by atoms with Gasteiger partial charge in [0, 0.05) is 5.69 Å². The molecule has 0 atom stereocenters. The summed E-state index contributed by atoms with van der Waals surface area (Å²) in [6.45, 7) is 4.15. The van der Waals surface area contributed by atoms with Gasteiger partial charge in [-0.25, -0.2) is 0 Å². The number of rotatable bonds is 0. The molecule has 1 N–H and O–H groups in total. The smallest absolute Gasteiger partial charge is 0.235 e. The van der Waals surface area contributed by atoms with Gasteiger partial charge in [0.05, 0.1) is 5.41 Å². The first-order valence-corrected chi connectivity index (χ1v) is 5.07. The number of anilines is 1. The molecular weight excluding hydrogens is 174 g/mol. The molecule has 1 aliphatic heterocycles. The number of amides is 1. The third kappa shape index (κ3) is 0.746. The van der Waals surface area contributed by atoms with Crippen LogP contribution in [0.4, 0.5) is 5.69 Å². The van der Waals surface area contributed by atoms with Crippen molar-refractivity contribution in [2.45, 2.75) is 32.1 Å². The molecule has 1 spiro atoms. The van der Waals surface area contributed by atoms with E-state index in [1.807, 2.05) is 0 Å². The number of hydrogen-bond acceptors (Lipinski definition) is 1. The highest BCUT2D eigenvalue weighted by Crippen LogP contribution is 2.56. The van der Waals surface area contributed by atoms with E-state index in [0.29, 0.717) is 0 Å². The Labute approximate surface area is 83.3 Å². The van der Waals surface area contributed by atoms with E-state index in [1.54, 1.807) is 0 Å². The van der Waals surface area contributed by atoms with E-state index in [9.17, 15) is 4.79 Å². The van der Waals surface area contributed by atoms with Gasteiger partial charge in [0.25, 0.3) is 0 Å². The summed E-state index contributed by atoms with van der Waals surface area (Å²) in [7, 11) is 0. The molecule has 0 saturated heterocycles. The van der Waals surface area contributed by atoms with Crippen LogP contribution < -0.4 is 5.32 Å². The van der Waals surface area contributed by atoms with Crippen molar-refractivity contribution in [3.63, 3.8) is 0 Å². The summed E-state index contributed by atoms with van der Waals surface area (Å²) in [5.41, 5.74) is 4.64. The standard InChI is InChI=1S/C12H13NO/c1-7-3-4-8(2)10-9(7)12(5-6-12)11(14)13-10/h3-4H,5-6H2,1-2H3,(H,13,14). The van der Waals surface area contributed by atoms with Crippen LogP contribution in [-0.2, 0) is 10.2 Å². The van der Waals surface area contributed by atoms with Gasteiger partial charge < -0.3 is 5.32 Å². The zero-order chi connectivity index (χ0) is 9.92. The molecule has 1 aliphatic carbocycles. The van der Waals surface area contributed by atoms with Gasteiger partial charge in [-0.2, -0.15) is 0 Å². The van der Waals surface area contributed by atoms with Gasteiger partial charge in [0.2, 0.25) is 5.91 Å². The van der Waals surface area contributed by atoms with Crippen molar-refractivity contribution >= 4 is 11.6 Å². The molecule has 0 radical (unpaired) electrons. The molecule has 2 heteroatoms. The summed E-state index contributed by atoms with van der Waals surface area (Å²) in [5.74, 6) is 0.213. The molecule has 1 aromatic carbocycles.